The Hall–Kier alpha value is -2.78. The number of fused-ring (bicyclic) bond motifs is 1. The van der Waals surface area contributed by atoms with Crippen molar-refractivity contribution in [1.29, 1.82) is 0 Å². The van der Waals surface area contributed by atoms with E-state index < -0.39 is 4.92 Å². The number of hydrogen-bond acceptors (Lipinski definition) is 6. The molecule has 1 amide bonds. The molecule has 0 fully saturated rings. The van der Waals surface area contributed by atoms with Crippen LogP contribution in [0.5, 0.6) is 5.75 Å². The zero-order valence-corrected chi connectivity index (χ0v) is 15.8. The van der Waals surface area contributed by atoms with Crippen molar-refractivity contribution in [2.24, 2.45) is 0 Å². The number of H-pyrrole nitrogens is 1. The third kappa shape index (κ3) is 4.69. The molecule has 8 nitrogen and oxygen atoms in total. The molecule has 0 radical (unpaired) electrons. The third-order valence-electron chi connectivity index (χ3n) is 3.51. The average molecular weight is 407 g/mol. The van der Waals surface area contributed by atoms with Gasteiger partial charge in [-0.2, -0.15) is 0 Å². The van der Waals surface area contributed by atoms with Crippen molar-refractivity contribution >= 4 is 51.7 Å². The number of imidazole rings is 1. The molecule has 0 spiro atoms. The highest BCUT2D eigenvalue weighted by Crippen LogP contribution is 2.28. The number of carbonyl (C=O) groups excluding carboxylic acids is 1. The number of aromatic nitrogens is 2. The molecular formula is C17H15ClN4O4S. The van der Waals surface area contributed by atoms with Gasteiger partial charge in [-0.1, -0.05) is 23.4 Å². The minimum Gasteiger partial charge on any atom is -0.494 e. The number of thioether (sulfide) groups is 1. The standard InChI is InChI=1S/C17H15ClN4O4S/c1-2-26-11-4-6-12-14(8-11)21-17(20-12)27-9-16(23)19-13-5-3-10(18)7-15(13)22(24)25/h3-8H,2,9H2,1H3,(H,19,23)(H,20,21). The molecule has 0 saturated heterocycles. The zero-order chi connectivity index (χ0) is 19.4. The maximum atomic E-state index is 12.2. The van der Waals surface area contributed by atoms with Gasteiger partial charge in [0.1, 0.15) is 11.4 Å². The first kappa shape index (κ1) is 19.0. The summed E-state index contributed by atoms with van der Waals surface area (Å²) in [5.74, 6) is 0.386. The number of carbonyl (C=O) groups is 1. The number of halogens is 1. The number of aromatic amines is 1. The Kier molecular flexibility index (Phi) is 5.82. The molecule has 0 unspecified atom stereocenters. The Labute approximate surface area is 163 Å². The number of nitrogens with zero attached hydrogens (tertiary/aromatic N) is 2. The zero-order valence-electron chi connectivity index (χ0n) is 14.2. The highest BCUT2D eigenvalue weighted by molar-refractivity contribution is 7.99. The second-order valence-electron chi connectivity index (χ2n) is 5.41. The van der Waals surface area contributed by atoms with Gasteiger partial charge in [-0.3, -0.25) is 14.9 Å². The highest BCUT2D eigenvalue weighted by Gasteiger charge is 2.17. The number of nitro benzene ring substituents is 1. The minimum atomic E-state index is -0.593. The van der Waals surface area contributed by atoms with Gasteiger partial charge in [0.15, 0.2) is 5.16 Å². The second kappa shape index (κ2) is 8.28. The molecule has 10 heteroatoms. The lowest BCUT2D eigenvalue weighted by molar-refractivity contribution is -0.383. The molecule has 3 aromatic rings. The van der Waals surface area contributed by atoms with Crippen LogP contribution in [0.3, 0.4) is 0 Å². The fourth-order valence-electron chi connectivity index (χ4n) is 2.37. The second-order valence-corrected chi connectivity index (χ2v) is 6.81. The summed E-state index contributed by atoms with van der Waals surface area (Å²) in [6, 6.07) is 9.57. The number of anilines is 1. The van der Waals surface area contributed by atoms with Crippen LogP contribution < -0.4 is 10.1 Å². The maximum Gasteiger partial charge on any atom is 0.294 e. The topological polar surface area (TPSA) is 110 Å². The molecule has 0 bridgehead atoms. The Balaban J connectivity index is 1.66. The summed E-state index contributed by atoms with van der Waals surface area (Å²) >= 11 is 6.96. The highest BCUT2D eigenvalue weighted by atomic mass is 35.5. The van der Waals surface area contributed by atoms with Crippen LogP contribution in [0.25, 0.3) is 11.0 Å². The van der Waals surface area contributed by atoms with Gasteiger partial charge < -0.3 is 15.0 Å². The first-order chi connectivity index (χ1) is 13.0. The van der Waals surface area contributed by atoms with Crippen LogP contribution in [0.2, 0.25) is 5.02 Å². The van der Waals surface area contributed by atoms with Gasteiger partial charge in [-0.25, -0.2) is 4.98 Å². The first-order valence-corrected chi connectivity index (χ1v) is 9.31. The molecule has 3 rings (SSSR count). The average Bonchev–Trinajstić information content (AvgIpc) is 3.04. The van der Waals surface area contributed by atoms with Crippen molar-refractivity contribution in [2.45, 2.75) is 12.1 Å². The number of hydrogen-bond donors (Lipinski definition) is 2. The van der Waals surface area contributed by atoms with E-state index in [1.54, 1.807) is 0 Å². The summed E-state index contributed by atoms with van der Waals surface area (Å²) in [6.45, 7) is 2.47. The molecule has 0 aliphatic heterocycles. The van der Waals surface area contributed by atoms with Crippen molar-refractivity contribution in [3.8, 4) is 5.75 Å². The fraction of sp³-hybridized carbons (Fsp3) is 0.176. The molecule has 140 valence electrons. The van der Waals surface area contributed by atoms with E-state index in [1.165, 1.54) is 30.0 Å². The van der Waals surface area contributed by atoms with Gasteiger partial charge >= 0.3 is 0 Å². The monoisotopic (exact) mass is 406 g/mol. The predicted octanol–water partition coefficient (Wildman–Crippen LogP) is 4.25. The summed E-state index contributed by atoms with van der Waals surface area (Å²) in [5.41, 5.74) is 1.40. The number of nitrogens with one attached hydrogen (secondary N) is 2. The molecule has 0 aliphatic carbocycles. The maximum absolute atomic E-state index is 12.2. The lowest BCUT2D eigenvalue weighted by Crippen LogP contribution is -2.15. The van der Waals surface area contributed by atoms with Crippen LogP contribution in [-0.4, -0.2) is 33.2 Å². The molecule has 27 heavy (non-hydrogen) atoms. The van der Waals surface area contributed by atoms with Crippen molar-refractivity contribution in [2.75, 3.05) is 17.7 Å². The molecular weight excluding hydrogens is 392 g/mol. The van der Waals surface area contributed by atoms with Gasteiger partial charge in [0.25, 0.3) is 5.69 Å². The number of benzene rings is 2. The van der Waals surface area contributed by atoms with E-state index in [1.807, 2.05) is 25.1 Å². The predicted molar refractivity (Wildman–Crippen MR) is 105 cm³/mol. The summed E-state index contributed by atoms with van der Waals surface area (Å²) < 4.78 is 5.44. The normalized spacial score (nSPS) is 10.7. The van der Waals surface area contributed by atoms with Gasteiger partial charge in [0, 0.05) is 17.2 Å². The SMILES string of the molecule is CCOc1ccc2nc(SCC(=O)Nc3ccc(Cl)cc3[N+](=O)[O-])[nH]c2c1. The fourth-order valence-corrected chi connectivity index (χ4v) is 3.22. The molecule has 1 aromatic heterocycles. The largest absolute Gasteiger partial charge is 0.494 e. The number of nitro groups is 1. The number of ether oxygens (including phenoxy) is 1. The Morgan fingerprint density at radius 3 is 2.93 bits per heavy atom. The van der Waals surface area contributed by atoms with Gasteiger partial charge in [0.2, 0.25) is 5.91 Å². The van der Waals surface area contributed by atoms with Gasteiger partial charge in [-0.15, -0.1) is 0 Å². The lowest BCUT2D eigenvalue weighted by atomic mass is 10.2. The molecule has 2 N–H and O–H groups in total. The van der Waals surface area contributed by atoms with Crippen LogP contribution in [0.15, 0.2) is 41.6 Å². The van der Waals surface area contributed by atoms with Gasteiger partial charge in [0.05, 0.1) is 28.3 Å². The minimum absolute atomic E-state index is 0.0396. The van der Waals surface area contributed by atoms with Gasteiger partial charge in [-0.05, 0) is 31.2 Å². The van der Waals surface area contributed by atoms with E-state index in [9.17, 15) is 14.9 Å². The van der Waals surface area contributed by atoms with Crippen molar-refractivity contribution in [3.63, 3.8) is 0 Å². The lowest BCUT2D eigenvalue weighted by Gasteiger charge is -2.05. The van der Waals surface area contributed by atoms with Crippen LogP contribution in [0.1, 0.15) is 6.92 Å². The van der Waals surface area contributed by atoms with E-state index in [4.69, 9.17) is 16.3 Å². The smallest absolute Gasteiger partial charge is 0.294 e. The Bertz CT molecular complexity index is 1010. The summed E-state index contributed by atoms with van der Waals surface area (Å²) in [5, 5.41) is 14.4. The van der Waals surface area contributed by atoms with E-state index in [0.717, 1.165) is 16.8 Å². The number of amides is 1. The molecule has 0 atom stereocenters. The quantitative estimate of drug-likeness (QED) is 0.344. The van der Waals surface area contributed by atoms with Crippen LogP contribution in [0.4, 0.5) is 11.4 Å². The summed E-state index contributed by atoms with van der Waals surface area (Å²) in [7, 11) is 0. The molecule has 2 aromatic carbocycles. The van der Waals surface area contributed by atoms with E-state index in [-0.39, 0.29) is 28.1 Å². The number of rotatable bonds is 7. The first-order valence-electron chi connectivity index (χ1n) is 7.95. The molecule has 1 heterocycles. The molecule has 0 saturated carbocycles. The van der Waals surface area contributed by atoms with E-state index >= 15 is 0 Å². The van der Waals surface area contributed by atoms with Crippen molar-refractivity contribution in [1.82, 2.24) is 9.97 Å². The van der Waals surface area contributed by atoms with Crippen molar-refractivity contribution in [3.05, 3.63) is 51.5 Å². The summed E-state index contributed by atoms with van der Waals surface area (Å²) in [4.78, 5) is 30.1. The van der Waals surface area contributed by atoms with E-state index in [0.29, 0.717) is 11.8 Å². The van der Waals surface area contributed by atoms with Crippen LogP contribution in [-0.2, 0) is 4.79 Å². The molecule has 0 aliphatic rings. The van der Waals surface area contributed by atoms with Crippen LogP contribution >= 0.6 is 23.4 Å². The van der Waals surface area contributed by atoms with E-state index in [2.05, 4.69) is 15.3 Å². The Morgan fingerprint density at radius 1 is 1.37 bits per heavy atom. The van der Waals surface area contributed by atoms with Crippen molar-refractivity contribution < 1.29 is 14.5 Å². The van der Waals surface area contributed by atoms with Crippen LogP contribution in [0, 0.1) is 10.1 Å². The summed E-state index contributed by atoms with van der Waals surface area (Å²) in [6.07, 6.45) is 0. The third-order valence-corrected chi connectivity index (χ3v) is 4.62. The Morgan fingerprint density at radius 2 is 2.19 bits per heavy atom.